The summed E-state index contributed by atoms with van der Waals surface area (Å²) in [6.45, 7) is 1.83. The molecule has 0 aliphatic rings. The zero-order valence-corrected chi connectivity index (χ0v) is 13.7. The van der Waals surface area contributed by atoms with Gasteiger partial charge in [0.15, 0.2) is 0 Å². The standard InChI is InChI=1S/C15H20INO3/c1-11(5-10-15(19)20)17-14(18)4-2-3-12-6-8-13(16)9-7-12/h6-9,11H,2-5,10H2,1H3,(H,17,18)(H,19,20)/t11-/m1/s1. The fourth-order valence-corrected chi connectivity index (χ4v) is 2.22. The SMILES string of the molecule is C[C@H](CCC(=O)O)NC(=O)CCCc1ccc(I)cc1. The lowest BCUT2D eigenvalue weighted by molar-refractivity contribution is -0.137. The second kappa shape index (κ2) is 8.94. The molecule has 1 aromatic carbocycles. The van der Waals surface area contributed by atoms with E-state index in [1.807, 2.05) is 6.92 Å². The van der Waals surface area contributed by atoms with Crippen molar-refractivity contribution in [1.29, 1.82) is 0 Å². The van der Waals surface area contributed by atoms with E-state index in [0.717, 1.165) is 12.8 Å². The molecule has 0 spiro atoms. The minimum absolute atomic E-state index is 0.00611. The van der Waals surface area contributed by atoms with Crippen molar-refractivity contribution < 1.29 is 14.7 Å². The van der Waals surface area contributed by atoms with Gasteiger partial charge < -0.3 is 10.4 Å². The van der Waals surface area contributed by atoms with Crippen LogP contribution in [0.25, 0.3) is 0 Å². The Hall–Kier alpha value is -1.11. The first-order chi connectivity index (χ1) is 9.47. The Morgan fingerprint density at radius 3 is 2.50 bits per heavy atom. The van der Waals surface area contributed by atoms with Crippen molar-refractivity contribution in [3.8, 4) is 0 Å². The van der Waals surface area contributed by atoms with E-state index in [9.17, 15) is 9.59 Å². The molecule has 1 rings (SSSR count). The molecule has 1 aromatic rings. The number of rotatable bonds is 8. The molecular weight excluding hydrogens is 369 g/mol. The number of hydrogen-bond donors (Lipinski definition) is 2. The molecule has 110 valence electrons. The summed E-state index contributed by atoms with van der Waals surface area (Å²) < 4.78 is 1.20. The van der Waals surface area contributed by atoms with Crippen LogP contribution in [0, 0.1) is 3.57 Å². The Morgan fingerprint density at radius 1 is 1.25 bits per heavy atom. The average Bonchev–Trinajstić information content (AvgIpc) is 2.38. The molecule has 5 heteroatoms. The van der Waals surface area contributed by atoms with Crippen LogP contribution in [-0.4, -0.2) is 23.0 Å². The second-order valence-electron chi connectivity index (χ2n) is 4.88. The topological polar surface area (TPSA) is 66.4 Å². The molecular formula is C15H20INO3. The molecule has 0 aliphatic carbocycles. The maximum absolute atomic E-state index is 11.7. The number of hydrogen-bond acceptors (Lipinski definition) is 2. The molecule has 0 fully saturated rings. The first-order valence-corrected chi connectivity index (χ1v) is 7.81. The van der Waals surface area contributed by atoms with Gasteiger partial charge in [-0.3, -0.25) is 9.59 Å². The number of carboxylic acids is 1. The number of benzene rings is 1. The van der Waals surface area contributed by atoms with Crippen LogP contribution in [-0.2, 0) is 16.0 Å². The van der Waals surface area contributed by atoms with E-state index in [1.54, 1.807) is 0 Å². The number of carbonyl (C=O) groups excluding carboxylic acids is 1. The van der Waals surface area contributed by atoms with E-state index in [-0.39, 0.29) is 18.4 Å². The number of aliphatic carboxylic acids is 1. The van der Waals surface area contributed by atoms with Gasteiger partial charge in [0.2, 0.25) is 5.91 Å². The molecule has 0 saturated carbocycles. The Labute approximate surface area is 133 Å². The van der Waals surface area contributed by atoms with Crippen molar-refractivity contribution in [3.63, 3.8) is 0 Å². The molecule has 0 unspecified atom stereocenters. The fraction of sp³-hybridized carbons (Fsp3) is 0.467. The number of amides is 1. The minimum Gasteiger partial charge on any atom is -0.481 e. The molecule has 0 saturated heterocycles. The van der Waals surface area contributed by atoms with Gasteiger partial charge >= 0.3 is 5.97 Å². The highest BCUT2D eigenvalue weighted by Crippen LogP contribution is 2.09. The number of carboxylic acid groups (broad SMARTS) is 1. The highest BCUT2D eigenvalue weighted by molar-refractivity contribution is 14.1. The quantitative estimate of drug-likeness (QED) is 0.672. The lowest BCUT2D eigenvalue weighted by Gasteiger charge is -2.12. The largest absolute Gasteiger partial charge is 0.481 e. The van der Waals surface area contributed by atoms with Gasteiger partial charge in [0, 0.05) is 22.5 Å². The average molecular weight is 389 g/mol. The van der Waals surface area contributed by atoms with E-state index in [1.165, 1.54) is 9.13 Å². The molecule has 0 aliphatic heterocycles. The Balaban J connectivity index is 2.19. The highest BCUT2D eigenvalue weighted by Gasteiger charge is 2.09. The van der Waals surface area contributed by atoms with Crippen LogP contribution in [0.15, 0.2) is 24.3 Å². The lowest BCUT2D eigenvalue weighted by Crippen LogP contribution is -2.32. The Bertz CT molecular complexity index is 445. The van der Waals surface area contributed by atoms with Crippen LogP contribution in [0.2, 0.25) is 0 Å². The first kappa shape index (κ1) is 16.9. The predicted octanol–water partition coefficient (Wildman–Crippen LogP) is 2.98. The van der Waals surface area contributed by atoms with Crippen molar-refractivity contribution in [2.75, 3.05) is 0 Å². The van der Waals surface area contributed by atoms with E-state index in [0.29, 0.717) is 12.8 Å². The third-order valence-corrected chi connectivity index (χ3v) is 3.70. The van der Waals surface area contributed by atoms with Crippen LogP contribution in [0.1, 0.15) is 38.2 Å². The smallest absolute Gasteiger partial charge is 0.303 e. The third kappa shape index (κ3) is 7.47. The van der Waals surface area contributed by atoms with E-state index >= 15 is 0 Å². The van der Waals surface area contributed by atoms with E-state index in [4.69, 9.17) is 5.11 Å². The summed E-state index contributed by atoms with van der Waals surface area (Å²) in [7, 11) is 0. The van der Waals surface area contributed by atoms with Gasteiger partial charge in [0.25, 0.3) is 0 Å². The summed E-state index contributed by atoms with van der Waals surface area (Å²) in [6.07, 6.45) is 2.72. The lowest BCUT2D eigenvalue weighted by atomic mass is 10.1. The summed E-state index contributed by atoms with van der Waals surface area (Å²) in [6, 6.07) is 8.19. The number of nitrogens with one attached hydrogen (secondary N) is 1. The molecule has 4 nitrogen and oxygen atoms in total. The van der Waals surface area contributed by atoms with Crippen LogP contribution >= 0.6 is 22.6 Å². The van der Waals surface area contributed by atoms with Crippen molar-refractivity contribution in [2.45, 2.75) is 45.1 Å². The van der Waals surface area contributed by atoms with E-state index < -0.39 is 5.97 Å². The van der Waals surface area contributed by atoms with Gasteiger partial charge in [-0.25, -0.2) is 0 Å². The first-order valence-electron chi connectivity index (χ1n) is 6.73. The maximum Gasteiger partial charge on any atom is 0.303 e. The van der Waals surface area contributed by atoms with Gasteiger partial charge in [0.1, 0.15) is 0 Å². The van der Waals surface area contributed by atoms with Crippen LogP contribution < -0.4 is 5.32 Å². The molecule has 0 radical (unpaired) electrons. The van der Waals surface area contributed by atoms with Gasteiger partial charge in [-0.1, -0.05) is 12.1 Å². The number of aryl methyl sites for hydroxylation is 1. The van der Waals surface area contributed by atoms with E-state index in [2.05, 4.69) is 52.2 Å². The summed E-state index contributed by atoms with van der Waals surface area (Å²) >= 11 is 2.26. The normalized spacial score (nSPS) is 11.9. The molecule has 0 aromatic heterocycles. The molecule has 20 heavy (non-hydrogen) atoms. The van der Waals surface area contributed by atoms with Gasteiger partial charge in [-0.05, 0) is 66.5 Å². The maximum atomic E-state index is 11.7. The van der Waals surface area contributed by atoms with Gasteiger partial charge in [-0.2, -0.15) is 0 Å². The highest BCUT2D eigenvalue weighted by atomic mass is 127. The third-order valence-electron chi connectivity index (χ3n) is 2.98. The monoisotopic (exact) mass is 389 g/mol. The summed E-state index contributed by atoms with van der Waals surface area (Å²) in [4.78, 5) is 22.1. The van der Waals surface area contributed by atoms with Gasteiger partial charge in [0.05, 0.1) is 0 Å². The van der Waals surface area contributed by atoms with Crippen LogP contribution in [0.3, 0.4) is 0 Å². The van der Waals surface area contributed by atoms with Gasteiger partial charge in [-0.15, -0.1) is 0 Å². The van der Waals surface area contributed by atoms with Crippen LogP contribution in [0.5, 0.6) is 0 Å². The zero-order chi connectivity index (χ0) is 15.0. The van der Waals surface area contributed by atoms with Crippen molar-refractivity contribution >= 4 is 34.5 Å². The molecule has 1 atom stereocenters. The minimum atomic E-state index is -0.829. The summed E-state index contributed by atoms with van der Waals surface area (Å²) in [5.41, 5.74) is 1.23. The summed E-state index contributed by atoms with van der Waals surface area (Å²) in [5, 5.41) is 11.4. The second-order valence-corrected chi connectivity index (χ2v) is 6.13. The molecule has 2 N–H and O–H groups in total. The fourth-order valence-electron chi connectivity index (χ4n) is 1.86. The van der Waals surface area contributed by atoms with Crippen molar-refractivity contribution in [2.24, 2.45) is 0 Å². The van der Waals surface area contributed by atoms with Crippen molar-refractivity contribution in [1.82, 2.24) is 5.32 Å². The molecule has 0 heterocycles. The zero-order valence-electron chi connectivity index (χ0n) is 11.6. The Kier molecular flexibility index (Phi) is 7.58. The number of halogens is 1. The Morgan fingerprint density at radius 2 is 1.90 bits per heavy atom. The van der Waals surface area contributed by atoms with Crippen molar-refractivity contribution in [3.05, 3.63) is 33.4 Å². The number of carbonyl (C=O) groups is 2. The molecule has 1 amide bonds. The summed E-state index contributed by atoms with van der Waals surface area (Å²) in [5.74, 6) is -0.835. The predicted molar refractivity (Wildman–Crippen MR) is 86.6 cm³/mol. The van der Waals surface area contributed by atoms with Crippen LogP contribution in [0.4, 0.5) is 0 Å². The molecule has 0 bridgehead atoms.